The predicted octanol–water partition coefficient (Wildman–Crippen LogP) is 4.79. The topological polar surface area (TPSA) is 56.8 Å². The molecule has 2 heterocycles. The number of urea groups is 1. The molecule has 2 N–H and O–H groups in total. The number of fused-ring (bicyclic) bond motifs is 1. The number of benzene rings is 2. The monoisotopic (exact) mass is 480 g/mol. The maximum absolute atomic E-state index is 13.5. The van der Waals surface area contributed by atoms with Crippen LogP contribution < -0.4 is 20.3 Å². The van der Waals surface area contributed by atoms with Crippen LogP contribution in [-0.4, -0.2) is 56.8 Å². The number of hydrogen-bond donors (Lipinski definition) is 2. The molecule has 0 saturated carbocycles. The van der Waals surface area contributed by atoms with Gasteiger partial charge in [0.05, 0.1) is 22.3 Å². The summed E-state index contributed by atoms with van der Waals surface area (Å²) < 4.78 is 19.4. The van der Waals surface area contributed by atoms with Crippen LogP contribution in [0.4, 0.5) is 20.6 Å². The van der Waals surface area contributed by atoms with Gasteiger partial charge >= 0.3 is 6.03 Å². The standard InChI is InChI=1S/C23H27Cl2FN4O2/c24-21-18(26)5-6-20(22(21)25)30-12-10-29(11-13-30)9-1-2-14-32-17-4-3-16-7-8-27-23(31)28-19(16)15-17/h3-6,15H,1-2,7-14H2,(H2,27,28,31). The lowest BCUT2D eigenvalue weighted by Gasteiger charge is -2.36. The third-order valence-electron chi connectivity index (χ3n) is 5.87. The molecular formula is C23H27Cl2FN4O2. The van der Waals surface area contributed by atoms with E-state index in [-0.39, 0.29) is 16.1 Å². The van der Waals surface area contributed by atoms with Gasteiger partial charge in [-0.1, -0.05) is 29.3 Å². The minimum absolute atomic E-state index is 0.0138. The third kappa shape index (κ3) is 5.57. The van der Waals surface area contributed by atoms with Crippen LogP contribution in [0.15, 0.2) is 30.3 Å². The second kappa shape index (κ2) is 10.6. The molecule has 2 aromatic carbocycles. The van der Waals surface area contributed by atoms with E-state index in [2.05, 4.69) is 20.4 Å². The predicted molar refractivity (Wildman–Crippen MR) is 127 cm³/mol. The maximum atomic E-state index is 13.5. The average Bonchev–Trinajstić information content (AvgIpc) is 2.98. The Balaban J connectivity index is 1.17. The Hall–Kier alpha value is -2.22. The van der Waals surface area contributed by atoms with Crippen molar-refractivity contribution in [3.05, 3.63) is 51.8 Å². The number of rotatable bonds is 7. The minimum Gasteiger partial charge on any atom is -0.494 e. The number of ether oxygens (including phenoxy) is 1. The molecule has 172 valence electrons. The molecule has 0 radical (unpaired) electrons. The Morgan fingerprint density at radius 2 is 1.84 bits per heavy atom. The number of nitrogens with zero attached hydrogens (tertiary/aromatic N) is 2. The van der Waals surface area contributed by atoms with E-state index in [1.54, 1.807) is 6.07 Å². The highest BCUT2D eigenvalue weighted by atomic mass is 35.5. The van der Waals surface area contributed by atoms with Gasteiger partial charge in [-0.25, -0.2) is 9.18 Å². The molecule has 6 nitrogen and oxygen atoms in total. The van der Waals surface area contributed by atoms with Gasteiger partial charge < -0.3 is 20.3 Å². The fourth-order valence-corrected chi connectivity index (χ4v) is 4.49. The first kappa shape index (κ1) is 23.0. The van der Waals surface area contributed by atoms with Crippen molar-refractivity contribution in [1.82, 2.24) is 10.2 Å². The highest BCUT2D eigenvalue weighted by Gasteiger charge is 2.21. The van der Waals surface area contributed by atoms with E-state index in [9.17, 15) is 9.18 Å². The highest BCUT2D eigenvalue weighted by molar-refractivity contribution is 6.43. The van der Waals surface area contributed by atoms with Crippen LogP contribution in [0.25, 0.3) is 0 Å². The zero-order valence-corrected chi connectivity index (χ0v) is 19.3. The van der Waals surface area contributed by atoms with Gasteiger partial charge in [-0.05, 0) is 49.6 Å². The molecule has 0 bridgehead atoms. The Labute approximate surface area is 197 Å². The van der Waals surface area contributed by atoms with Gasteiger partial charge in [-0.2, -0.15) is 0 Å². The van der Waals surface area contributed by atoms with Crippen LogP contribution >= 0.6 is 23.2 Å². The molecule has 0 aromatic heterocycles. The SMILES string of the molecule is O=C1NCCc2ccc(OCCCCN3CCN(c4ccc(F)c(Cl)c4Cl)CC3)cc2N1. The molecule has 2 aliphatic heterocycles. The first-order chi connectivity index (χ1) is 15.5. The Bertz CT molecular complexity index is 967. The second-order valence-electron chi connectivity index (χ2n) is 8.03. The van der Waals surface area contributed by atoms with E-state index in [4.69, 9.17) is 27.9 Å². The van der Waals surface area contributed by atoms with Crippen molar-refractivity contribution in [2.45, 2.75) is 19.3 Å². The van der Waals surface area contributed by atoms with Gasteiger partial charge in [0.1, 0.15) is 11.6 Å². The molecule has 9 heteroatoms. The van der Waals surface area contributed by atoms with E-state index in [0.29, 0.717) is 13.2 Å². The number of halogens is 3. The molecule has 2 amide bonds. The molecule has 1 fully saturated rings. The Morgan fingerprint density at radius 3 is 2.66 bits per heavy atom. The lowest BCUT2D eigenvalue weighted by atomic mass is 10.1. The van der Waals surface area contributed by atoms with E-state index in [0.717, 1.165) is 74.7 Å². The Kier molecular flexibility index (Phi) is 7.60. The van der Waals surface area contributed by atoms with Crippen molar-refractivity contribution in [3.8, 4) is 5.75 Å². The van der Waals surface area contributed by atoms with Crippen LogP contribution in [0.5, 0.6) is 5.75 Å². The average molecular weight is 481 g/mol. The van der Waals surface area contributed by atoms with E-state index >= 15 is 0 Å². The summed E-state index contributed by atoms with van der Waals surface area (Å²) in [7, 11) is 0. The van der Waals surface area contributed by atoms with Crippen molar-refractivity contribution >= 4 is 40.6 Å². The maximum Gasteiger partial charge on any atom is 0.319 e. The molecule has 0 spiro atoms. The molecule has 0 atom stereocenters. The number of unbranched alkanes of at least 4 members (excludes halogenated alkanes) is 1. The normalized spacial score (nSPS) is 16.7. The minimum atomic E-state index is -0.492. The van der Waals surface area contributed by atoms with Crippen molar-refractivity contribution in [3.63, 3.8) is 0 Å². The van der Waals surface area contributed by atoms with Gasteiger partial charge in [0.25, 0.3) is 0 Å². The fraction of sp³-hybridized carbons (Fsp3) is 0.435. The zero-order valence-electron chi connectivity index (χ0n) is 17.8. The zero-order chi connectivity index (χ0) is 22.5. The number of piperazine rings is 1. The molecule has 32 heavy (non-hydrogen) atoms. The summed E-state index contributed by atoms with van der Waals surface area (Å²) in [6, 6.07) is 8.75. The van der Waals surface area contributed by atoms with Crippen LogP contribution in [0.3, 0.4) is 0 Å². The number of carbonyl (C=O) groups excluding carboxylic acids is 1. The van der Waals surface area contributed by atoms with Crippen molar-refractivity contribution < 1.29 is 13.9 Å². The first-order valence-corrected chi connectivity index (χ1v) is 11.7. The number of hydrogen-bond acceptors (Lipinski definition) is 4. The molecule has 0 unspecified atom stereocenters. The number of amides is 2. The molecule has 0 aliphatic carbocycles. The lowest BCUT2D eigenvalue weighted by molar-refractivity contribution is 0.238. The third-order valence-corrected chi connectivity index (χ3v) is 6.72. The Morgan fingerprint density at radius 1 is 1.03 bits per heavy atom. The summed E-state index contributed by atoms with van der Waals surface area (Å²) in [5, 5.41) is 5.92. The smallest absolute Gasteiger partial charge is 0.319 e. The summed E-state index contributed by atoms with van der Waals surface area (Å²) in [5.74, 6) is 0.281. The molecule has 1 saturated heterocycles. The second-order valence-corrected chi connectivity index (χ2v) is 8.78. The molecule has 2 aliphatic rings. The van der Waals surface area contributed by atoms with Gasteiger partial charge in [0.2, 0.25) is 0 Å². The van der Waals surface area contributed by atoms with E-state index < -0.39 is 5.82 Å². The van der Waals surface area contributed by atoms with E-state index in [1.807, 2.05) is 18.2 Å². The van der Waals surface area contributed by atoms with Crippen LogP contribution in [0.2, 0.25) is 10.0 Å². The van der Waals surface area contributed by atoms with Gasteiger partial charge in [0.15, 0.2) is 0 Å². The fourth-order valence-electron chi connectivity index (χ4n) is 4.06. The van der Waals surface area contributed by atoms with Crippen LogP contribution in [0.1, 0.15) is 18.4 Å². The quantitative estimate of drug-likeness (QED) is 0.441. The van der Waals surface area contributed by atoms with Gasteiger partial charge in [0, 0.05) is 44.5 Å². The number of anilines is 2. The summed E-state index contributed by atoms with van der Waals surface area (Å²) in [6.45, 7) is 5.77. The van der Waals surface area contributed by atoms with Crippen molar-refractivity contribution in [2.24, 2.45) is 0 Å². The highest BCUT2D eigenvalue weighted by Crippen LogP contribution is 2.35. The summed E-state index contributed by atoms with van der Waals surface area (Å²) >= 11 is 12.2. The van der Waals surface area contributed by atoms with E-state index in [1.165, 1.54) is 6.07 Å². The van der Waals surface area contributed by atoms with Crippen molar-refractivity contribution in [1.29, 1.82) is 0 Å². The first-order valence-electron chi connectivity index (χ1n) is 10.9. The summed E-state index contributed by atoms with van der Waals surface area (Å²) in [5.41, 5.74) is 2.72. The number of nitrogens with one attached hydrogen (secondary N) is 2. The molecule has 2 aromatic rings. The molecular weight excluding hydrogens is 454 g/mol. The number of carbonyl (C=O) groups is 1. The van der Waals surface area contributed by atoms with Gasteiger partial charge in [-0.3, -0.25) is 4.90 Å². The van der Waals surface area contributed by atoms with Crippen molar-refractivity contribution in [2.75, 3.05) is 56.1 Å². The molecule has 4 rings (SSSR count). The van der Waals surface area contributed by atoms with Gasteiger partial charge in [-0.15, -0.1) is 0 Å². The lowest BCUT2D eigenvalue weighted by Crippen LogP contribution is -2.46. The summed E-state index contributed by atoms with van der Waals surface area (Å²) in [4.78, 5) is 16.2. The largest absolute Gasteiger partial charge is 0.494 e. The summed E-state index contributed by atoms with van der Waals surface area (Å²) in [6.07, 6.45) is 2.79. The van der Waals surface area contributed by atoms with Crippen LogP contribution in [-0.2, 0) is 6.42 Å². The van der Waals surface area contributed by atoms with Crippen LogP contribution in [0, 0.1) is 5.82 Å².